The molecule has 0 bridgehead atoms. The zero-order valence-electron chi connectivity index (χ0n) is 11.4. The summed E-state index contributed by atoms with van der Waals surface area (Å²) in [7, 11) is 1.57. The van der Waals surface area contributed by atoms with Gasteiger partial charge in [0.05, 0.1) is 7.11 Å². The number of aromatic nitrogens is 2. The van der Waals surface area contributed by atoms with E-state index in [-0.39, 0.29) is 0 Å². The summed E-state index contributed by atoms with van der Waals surface area (Å²) in [4.78, 5) is 4.12. The van der Waals surface area contributed by atoms with Crippen molar-refractivity contribution in [3.8, 4) is 5.75 Å². The third kappa shape index (κ3) is 3.34. The molecule has 96 valence electrons. The molecule has 0 aliphatic carbocycles. The smallest absolute Gasteiger partial charge is 0.263 e. The Balaban J connectivity index is 0.000000581. The van der Waals surface area contributed by atoms with Crippen LogP contribution >= 0.6 is 0 Å². The molecule has 5 heteroatoms. The number of fused-ring (bicyclic) bond motifs is 1. The van der Waals surface area contributed by atoms with E-state index in [1.165, 1.54) is 0 Å². The van der Waals surface area contributed by atoms with Gasteiger partial charge in [-0.15, -0.1) is 0 Å². The molecule has 0 fully saturated rings. The van der Waals surface area contributed by atoms with Crippen LogP contribution in [0.5, 0.6) is 5.75 Å². The van der Waals surface area contributed by atoms with E-state index in [4.69, 9.17) is 15.0 Å². The largest absolute Gasteiger partial charge is 0.496 e. The molecule has 0 spiro atoms. The third-order valence-electron chi connectivity index (χ3n) is 1.78. The lowest BCUT2D eigenvalue weighted by Crippen LogP contribution is -1.91. The molecule has 2 N–H and O–H groups in total. The molecule has 0 aliphatic heterocycles. The second kappa shape index (κ2) is 7.49. The van der Waals surface area contributed by atoms with E-state index in [1.807, 2.05) is 34.6 Å². The first-order valence-electron chi connectivity index (χ1n) is 5.79. The van der Waals surface area contributed by atoms with Crippen molar-refractivity contribution in [2.24, 2.45) is 0 Å². The Hall–Kier alpha value is -1.78. The van der Waals surface area contributed by atoms with Crippen LogP contribution in [0, 0.1) is 6.92 Å². The Labute approximate surface area is 102 Å². The highest BCUT2D eigenvalue weighted by molar-refractivity contribution is 5.90. The molecule has 5 nitrogen and oxygen atoms in total. The van der Waals surface area contributed by atoms with E-state index in [0.29, 0.717) is 22.7 Å². The molecule has 0 aromatic carbocycles. The number of nitrogen functional groups attached to an aromatic ring is 1. The van der Waals surface area contributed by atoms with Crippen LogP contribution in [0.1, 0.15) is 33.4 Å². The van der Waals surface area contributed by atoms with Crippen LogP contribution in [0.15, 0.2) is 10.6 Å². The molecule has 0 amide bonds. The lowest BCUT2D eigenvalue weighted by atomic mass is 10.3. The van der Waals surface area contributed by atoms with E-state index in [2.05, 4.69) is 10.1 Å². The van der Waals surface area contributed by atoms with Gasteiger partial charge in [0.25, 0.3) is 5.71 Å². The van der Waals surface area contributed by atoms with Crippen molar-refractivity contribution in [3.05, 3.63) is 11.8 Å². The number of nitrogens with zero attached hydrogens (tertiary/aromatic N) is 2. The third-order valence-corrected chi connectivity index (χ3v) is 1.78. The van der Waals surface area contributed by atoms with Crippen molar-refractivity contribution < 1.29 is 9.26 Å². The van der Waals surface area contributed by atoms with Gasteiger partial charge < -0.3 is 15.0 Å². The van der Waals surface area contributed by atoms with E-state index >= 15 is 0 Å². The molecule has 0 atom stereocenters. The number of hydrogen-bond acceptors (Lipinski definition) is 5. The summed E-state index contributed by atoms with van der Waals surface area (Å²) in [6.07, 6.45) is 0. The average Bonchev–Trinajstić information content (AvgIpc) is 2.75. The Morgan fingerprint density at radius 2 is 1.82 bits per heavy atom. The Bertz CT molecular complexity index is 452. The fraction of sp³-hybridized carbons (Fsp3) is 0.500. The molecule has 0 aliphatic rings. The number of methoxy groups -OCH3 is 1. The Morgan fingerprint density at radius 1 is 1.24 bits per heavy atom. The first-order valence-corrected chi connectivity index (χ1v) is 5.79. The Kier molecular flexibility index (Phi) is 6.70. The molecule has 2 rings (SSSR count). The number of hydrogen-bond donors (Lipinski definition) is 1. The normalized spacial score (nSPS) is 8.82. The van der Waals surface area contributed by atoms with Gasteiger partial charge in [-0.05, 0) is 6.92 Å². The second-order valence-corrected chi connectivity index (χ2v) is 2.71. The maximum absolute atomic E-state index is 5.58. The van der Waals surface area contributed by atoms with Crippen molar-refractivity contribution >= 4 is 16.9 Å². The number of nitrogens with two attached hydrogens (primary N) is 1. The summed E-state index contributed by atoms with van der Waals surface area (Å²) in [6.45, 7) is 9.85. The number of anilines is 1. The van der Waals surface area contributed by atoms with Crippen LogP contribution < -0.4 is 10.5 Å². The summed E-state index contributed by atoms with van der Waals surface area (Å²) in [5.41, 5.74) is 6.80. The molecular formula is C12H21N3O2. The number of aryl methyl sites for hydroxylation is 1. The van der Waals surface area contributed by atoms with Gasteiger partial charge in [-0.2, -0.15) is 0 Å². The van der Waals surface area contributed by atoms with Crippen LogP contribution in [-0.4, -0.2) is 17.3 Å². The first-order chi connectivity index (χ1) is 8.22. The van der Waals surface area contributed by atoms with Crippen molar-refractivity contribution in [2.75, 3.05) is 12.8 Å². The van der Waals surface area contributed by atoms with Gasteiger partial charge in [-0.3, -0.25) is 0 Å². The summed E-state index contributed by atoms with van der Waals surface area (Å²) in [5, 5.41) is 4.24. The molecule has 17 heavy (non-hydrogen) atoms. The predicted octanol–water partition coefficient (Wildman–Crippen LogP) is 3.17. The maximum Gasteiger partial charge on any atom is 0.263 e. The van der Waals surface area contributed by atoms with E-state index < -0.39 is 0 Å². The molecule has 0 unspecified atom stereocenters. The fourth-order valence-corrected chi connectivity index (χ4v) is 1.22. The van der Waals surface area contributed by atoms with E-state index in [9.17, 15) is 0 Å². The highest BCUT2D eigenvalue weighted by Crippen LogP contribution is 2.29. The van der Waals surface area contributed by atoms with Crippen LogP contribution in [0.3, 0.4) is 0 Å². The van der Waals surface area contributed by atoms with Gasteiger partial charge in [0.15, 0.2) is 5.82 Å². The van der Waals surface area contributed by atoms with Gasteiger partial charge in [0, 0.05) is 11.8 Å². The first kappa shape index (κ1) is 15.2. The maximum atomic E-state index is 5.58. The lowest BCUT2D eigenvalue weighted by Gasteiger charge is -2.00. The van der Waals surface area contributed by atoms with Crippen LogP contribution in [0.4, 0.5) is 5.82 Å². The monoisotopic (exact) mass is 239 g/mol. The number of ether oxygens (including phenoxy) is 1. The van der Waals surface area contributed by atoms with Gasteiger partial charge in [-0.25, -0.2) is 4.98 Å². The quantitative estimate of drug-likeness (QED) is 0.827. The number of pyridine rings is 1. The standard InChI is InChI=1S/C8H9N3O2.2C2H6/c1-4-3-5(12-2)6-7(9)11-13-8(6)10-4;2*1-2/h3H,1-2H3,(H2,9,11);2*1-2H3. The molecule has 0 radical (unpaired) electrons. The number of rotatable bonds is 1. The van der Waals surface area contributed by atoms with Crippen molar-refractivity contribution in [1.29, 1.82) is 0 Å². The Morgan fingerprint density at radius 3 is 2.35 bits per heavy atom. The molecule has 2 heterocycles. The lowest BCUT2D eigenvalue weighted by molar-refractivity contribution is 0.418. The van der Waals surface area contributed by atoms with Crippen molar-refractivity contribution in [1.82, 2.24) is 10.1 Å². The van der Waals surface area contributed by atoms with E-state index in [0.717, 1.165) is 5.69 Å². The predicted molar refractivity (Wildman–Crippen MR) is 70.2 cm³/mol. The molecule has 0 saturated heterocycles. The zero-order chi connectivity index (χ0) is 13.4. The van der Waals surface area contributed by atoms with Crippen LogP contribution in [-0.2, 0) is 0 Å². The van der Waals surface area contributed by atoms with Crippen molar-refractivity contribution in [2.45, 2.75) is 34.6 Å². The van der Waals surface area contributed by atoms with Gasteiger partial charge in [0.1, 0.15) is 11.1 Å². The topological polar surface area (TPSA) is 74.2 Å². The molecule has 2 aromatic heterocycles. The van der Waals surface area contributed by atoms with Gasteiger partial charge >= 0.3 is 0 Å². The zero-order valence-corrected chi connectivity index (χ0v) is 11.4. The minimum atomic E-state index is 0.305. The summed E-state index contributed by atoms with van der Waals surface area (Å²) in [6, 6.07) is 1.79. The average molecular weight is 239 g/mol. The van der Waals surface area contributed by atoms with Crippen molar-refractivity contribution in [3.63, 3.8) is 0 Å². The molecule has 0 saturated carbocycles. The minimum absolute atomic E-state index is 0.305. The molecule has 2 aromatic rings. The highest BCUT2D eigenvalue weighted by atomic mass is 16.5. The summed E-state index contributed by atoms with van der Waals surface area (Å²) >= 11 is 0. The minimum Gasteiger partial charge on any atom is -0.496 e. The van der Waals surface area contributed by atoms with E-state index in [1.54, 1.807) is 13.2 Å². The van der Waals surface area contributed by atoms with Crippen LogP contribution in [0.25, 0.3) is 11.1 Å². The second-order valence-electron chi connectivity index (χ2n) is 2.71. The van der Waals surface area contributed by atoms with Crippen LogP contribution in [0.2, 0.25) is 0 Å². The molecular weight excluding hydrogens is 218 g/mol. The summed E-state index contributed by atoms with van der Waals surface area (Å²) < 4.78 is 10.0. The highest BCUT2D eigenvalue weighted by Gasteiger charge is 2.12. The van der Waals surface area contributed by atoms with Gasteiger partial charge in [0.2, 0.25) is 0 Å². The summed E-state index contributed by atoms with van der Waals surface area (Å²) in [5.74, 6) is 0.945. The fourth-order valence-electron chi connectivity index (χ4n) is 1.22. The van der Waals surface area contributed by atoms with Gasteiger partial charge in [-0.1, -0.05) is 32.9 Å². The SMILES string of the molecule is CC.CC.COc1cc(C)nc2onc(N)c12.